The zero-order valence-corrected chi connectivity index (χ0v) is 16.3. The molecule has 7 heteroatoms. The van der Waals surface area contributed by atoms with Crippen LogP contribution in [0.15, 0.2) is 0 Å². The van der Waals surface area contributed by atoms with Gasteiger partial charge in [0.2, 0.25) is 0 Å². The van der Waals surface area contributed by atoms with Crippen LogP contribution >= 0.6 is 0 Å². The smallest absolute Gasteiger partial charge is 0.317 e. The van der Waals surface area contributed by atoms with E-state index < -0.39 is 52.0 Å². The number of carbonyl (C=O) groups is 5. The number of hydrogen-bond donors (Lipinski definition) is 0. The molecule has 5 aliphatic carbocycles. The Morgan fingerprint density at radius 1 is 0.655 bits per heavy atom. The van der Waals surface area contributed by atoms with Crippen LogP contribution in [-0.4, -0.2) is 29.7 Å². The van der Waals surface area contributed by atoms with Crippen molar-refractivity contribution in [2.45, 2.75) is 39.5 Å². The summed E-state index contributed by atoms with van der Waals surface area (Å²) in [5.74, 6) is -3.62. The Bertz CT molecular complexity index is 906. The second-order valence-electron chi connectivity index (χ2n) is 11.1. The summed E-state index contributed by atoms with van der Waals surface area (Å²) in [5, 5.41) is 0. The summed E-state index contributed by atoms with van der Waals surface area (Å²) in [6.45, 7) is 4.23. The fraction of sp³-hybridized carbons (Fsp3) is 0.773. The summed E-state index contributed by atoms with van der Waals surface area (Å²) in [6.07, 6.45) is 2.71. The van der Waals surface area contributed by atoms with Crippen molar-refractivity contribution in [3.05, 3.63) is 0 Å². The lowest BCUT2D eigenvalue weighted by Gasteiger charge is -2.71. The molecule has 7 rings (SSSR count). The molecule has 2 aliphatic heterocycles. The summed E-state index contributed by atoms with van der Waals surface area (Å²) in [7, 11) is 0. The third-order valence-electron chi connectivity index (χ3n) is 10.7. The lowest BCUT2D eigenvalue weighted by Crippen LogP contribution is -2.76. The zero-order chi connectivity index (χ0) is 20.2. The minimum Gasteiger partial charge on any atom is -0.393 e. The number of carbonyl (C=O) groups excluding carboxylic acids is 5. The molecule has 2 spiro atoms. The van der Waals surface area contributed by atoms with Gasteiger partial charge in [-0.25, -0.2) is 0 Å². The van der Waals surface area contributed by atoms with Crippen LogP contribution in [0.25, 0.3) is 0 Å². The largest absolute Gasteiger partial charge is 0.393 e. The van der Waals surface area contributed by atoms with Crippen molar-refractivity contribution in [3.63, 3.8) is 0 Å². The standard InChI is InChI=1S/C22H22O7/c1-20(2)21(5-7-3-9(21)13-11(7)15(23)28-17(13)25)19(27)22(20)6-8-4-10(22)14-12(8)16(24)29-18(14)26/h7-14H,3-6H2,1-2H3. The molecule has 7 nitrogen and oxygen atoms in total. The van der Waals surface area contributed by atoms with Gasteiger partial charge in [-0.1, -0.05) is 13.8 Å². The number of cyclic esters (lactones) is 4. The molecule has 0 N–H and O–H groups in total. The van der Waals surface area contributed by atoms with Gasteiger partial charge in [-0.05, 0) is 54.8 Å². The van der Waals surface area contributed by atoms with Crippen molar-refractivity contribution in [3.8, 4) is 0 Å². The van der Waals surface area contributed by atoms with E-state index in [4.69, 9.17) is 9.47 Å². The SMILES string of the molecule is CC1(C)C2(CC3CC2C2C(=O)OC(=O)C32)C(=O)C12CC1CC2C2C(=O)OC(=O)C12. The van der Waals surface area contributed by atoms with Gasteiger partial charge in [-0.3, -0.25) is 24.0 Å². The van der Waals surface area contributed by atoms with Gasteiger partial charge >= 0.3 is 23.9 Å². The number of Topliss-reactive ketones (excluding diaryl/α,β-unsaturated/α-hetero) is 1. The maximum Gasteiger partial charge on any atom is 0.317 e. The van der Waals surface area contributed by atoms with Crippen LogP contribution in [0.2, 0.25) is 0 Å². The van der Waals surface area contributed by atoms with Gasteiger partial charge in [0.05, 0.1) is 23.7 Å². The van der Waals surface area contributed by atoms with Crippen LogP contribution < -0.4 is 0 Å². The lowest BCUT2D eigenvalue weighted by atomic mass is 9.29. The van der Waals surface area contributed by atoms with E-state index in [-0.39, 0.29) is 41.3 Å². The van der Waals surface area contributed by atoms with Gasteiger partial charge < -0.3 is 9.47 Å². The molecule has 0 aromatic carbocycles. The molecule has 7 aliphatic rings. The molecular formula is C22H22O7. The molecule has 152 valence electrons. The van der Waals surface area contributed by atoms with Crippen molar-refractivity contribution >= 4 is 29.7 Å². The van der Waals surface area contributed by atoms with Gasteiger partial charge in [-0.15, -0.1) is 0 Å². The Balaban J connectivity index is 1.31. The summed E-state index contributed by atoms with van der Waals surface area (Å²) >= 11 is 0. The number of ketones is 1. The van der Waals surface area contributed by atoms with Crippen LogP contribution in [0.5, 0.6) is 0 Å². The number of hydrogen-bond acceptors (Lipinski definition) is 7. The second-order valence-corrected chi connectivity index (χ2v) is 11.1. The molecule has 7 fully saturated rings. The van der Waals surface area contributed by atoms with Gasteiger partial charge in [0, 0.05) is 10.8 Å². The number of rotatable bonds is 0. The molecule has 2 heterocycles. The van der Waals surface area contributed by atoms with Crippen LogP contribution in [0.4, 0.5) is 0 Å². The first-order valence-corrected chi connectivity index (χ1v) is 10.7. The minimum absolute atomic E-state index is 0.0221. The Morgan fingerprint density at radius 2 is 1.03 bits per heavy atom. The maximum atomic E-state index is 14.1. The highest BCUT2D eigenvalue weighted by Gasteiger charge is 2.88. The average Bonchev–Trinajstić information content (AvgIpc) is 3.45. The van der Waals surface area contributed by atoms with Gasteiger partial charge in [0.25, 0.3) is 0 Å². The summed E-state index contributed by atoms with van der Waals surface area (Å²) in [6, 6.07) is 0. The fourth-order valence-corrected chi connectivity index (χ4v) is 9.92. The van der Waals surface area contributed by atoms with E-state index in [1.165, 1.54) is 0 Å². The predicted molar refractivity (Wildman–Crippen MR) is 92.2 cm³/mol. The first kappa shape index (κ1) is 16.7. The maximum absolute atomic E-state index is 14.1. The Labute approximate surface area is 166 Å². The number of esters is 4. The van der Waals surface area contributed by atoms with Crippen LogP contribution in [0, 0.1) is 63.6 Å². The second kappa shape index (κ2) is 4.35. The van der Waals surface area contributed by atoms with E-state index in [0.29, 0.717) is 12.8 Å². The third kappa shape index (κ3) is 1.33. The van der Waals surface area contributed by atoms with Gasteiger partial charge in [-0.2, -0.15) is 0 Å². The van der Waals surface area contributed by atoms with Crippen molar-refractivity contribution in [2.24, 2.45) is 63.6 Å². The summed E-state index contributed by atoms with van der Waals surface area (Å²) in [4.78, 5) is 63.2. The zero-order valence-electron chi connectivity index (χ0n) is 16.3. The molecular weight excluding hydrogens is 376 g/mol. The molecule has 29 heavy (non-hydrogen) atoms. The van der Waals surface area contributed by atoms with Crippen LogP contribution in [0.3, 0.4) is 0 Å². The molecule has 0 amide bonds. The summed E-state index contributed by atoms with van der Waals surface area (Å²) < 4.78 is 9.87. The lowest BCUT2D eigenvalue weighted by molar-refractivity contribution is -0.232. The highest BCUT2D eigenvalue weighted by atomic mass is 16.6. The summed E-state index contributed by atoms with van der Waals surface area (Å²) in [5.41, 5.74) is -1.66. The van der Waals surface area contributed by atoms with E-state index in [1.54, 1.807) is 0 Å². The molecule has 10 atom stereocenters. The Morgan fingerprint density at radius 3 is 1.41 bits per heavy atom. The van der Waals surface area contributed by atoms with E-state index >= 15 is 0 Å². The molecule has 2 saturated heterocycles. The molecule has 0 radical (unpaired) electrons. The van der Waals surface area contributed by atoms with Crippen molar-refractivity contribution < 1.29 is 33.4 Å². The molecule has 5 saturated carbocycles. The number of ether oxygens (including phenoxy) is 2. The number of fused-ring (bicyclic) bond motifs is 12. The highest BCUT2D eigenvalue weighted by molar-refractivity contribution is 6.06. The normalized spacial score (nSPS) is 57.5. The molecule has 4 bridgehead atoms. The molecule has 0 aromatic rings. The Kier molecular flexibility index (Phi) is 2.51. The fourth-order valence-electron chi connectivity index (χ4n) is 9.92. The minimum atomic E-state index is -0.630. The van der Waals surface area contributed by atoms with E-state index in [1.807, 2.05) is 0 Å². The molecule has 10 unspecified atom stereocenters. The van der Waals surface area contributed by atoms with Crippen LogP contribution in [0.1, 0.15) is 39.5 Å². The predicted octanol–water partition coefficient (Wildman–Crippen LogP) is 1.28. The first-order chi connectivity index (χ1) is 13.7. The van der Waals surface area contributed by atoms with Crippen molar-refractivity contribution in [2.75, 3.05) is 0 Å². The monoisotopic (exact) mass is 398 g/mol. The highest BCUT2D eigenvalue weighted by Crippen LogP contribution is 2.85. The van der Waals surface area contributed by atoms with Gasteiger partial charge in [0.15, 0.2) is 0 Å². The van der Waals surface area contributed by atoms with E-state index in [2.05, 4.69) is 13.8 Å². The first-order valence-electron chi connectivity index (χ1n) is 10.7. The Hall–Kier alpha value is -2.05. The van der Waals surface area contributed by atoms with Gasteiger partial charge in [0.1, 0.15) is 5.78 Å². The third-order valence-corrected chi connectivity index (χ3v) is 10.7. The van der Waals surface area contributed by atoms with Crippen molar-refractivity contribution in [1.82, 2.24) is 0 Å². The molecule has 0 aromatic heterocycles. The van der Waals surface area contributed by atoms with E-state index in [9.17, 15) is 24.0 Å². The average molecular weight is 398 g/mol. The van der Waals surface area contributed by atoms with Crippen molar-refractivity contribution in [1.29, 1.82) is 0 Å². The topological polar surface area (TPSA) is 104 Å². The van der Waals surface area contributed by atoms with E-state index in [0.717, 1.165) is 12.8 Å². The quantitative estimate of drug-likeness (QED) is 0.447. The van der Waals surface area contributed by atoms with Crippen LogP contribution in [-0.2, 0) is 33.4 Å².